The third-order valence-electron chi connectivity index (χ3n) is 4.69. The number of fused-ring (bicyclic) bond motifs is 1. The molecule has 1 aliphatic rings. The van der Waals surface area contributed by atoms with Gasteiger partial charge in [-0.25, -0.2) is 17.6 Å². The molecule has 0 unspecified atom stereocenters. The molecule has 1 aromatic heterocycles. The van der Waals surface area contributed by atoms with E-state index < -0.39 is 39.3 Å². The normalized spacial score (nSPS) is 13.3. The third kappa shape index (κ3) is 4.85. The molecular formula is C19H20FN3O6S2. The van der Waals surface area contributed by atoms with Crippen LogP contribution in [0.4, 0.5) is 14.2 Å². The zero-order valence-corrected chi connectivity index (χ0v) is 18.4. The van der Waals surface area contributed by atoms with Gasteiger partial charge in [-0.15, -0.1) is 11.3 Å². The fourth-order valence-corrected chi connectivity index (χ4v) is 5.61. The number of ether oxygens (including phenoxy) is 1. The van der Waals surface area contributed by atoms with E-state index in [1.807, 2.05) is 0 Å². The third-order valence-corrected chi connectivity index (χ3v) is 7.46. The highest BCUT2D eigenvalue weighted by molar-refractivity contribution is 7.92. The average molecular weight is 470 g/mol. The van der Waals surface area contributed by atoms with Gasteiger partial charge in [0.1, 0.15) is 16.6 Å². The number of rotatable bonds is 5. The van der Waals surface area contributed by atoms with Crippen molar-refractivity contribution in [3.8, 4) is 0 Å². The van der Waals surface area contributed by atoms with Gasteiger partial charge in [0, 0.05) is 18.5 Å². The van der Waals surface area contributed by atoms with Crippen molar-refractivity contribution >= 4 is 44.1 Å². The van der Waals surface area contributed by atoms with E-state index in [1.54, 1.807) is 0 Å². The van der Waals surface area contributed by atoms with Crippen LogP contribution in [0.25, 0.3) is 0 Å². The van der Waals surface area contributed by atoms with E-state index in [9.17, 15) is 27.2 Å². The summed E-state index contributed by atoms with van der Waals surface area (Å²) in [5.74, 6) is -2.73. The van der Waals surface area contributed by atoms with Crippen LogP contribution < -0.4 is 10.6 Å². The number of amides is 3. The minimum absolute atomic E-state index is 0.185. The van der Waals surface area contributed by atoms with Crippen molar-refractivity contribution in [3.63, 3.8) is 0 Å². The van der Waals surface area contributed by atoms with Crippen molar-refractivity contribution in [2.45, 2.75) is 17.9 Å². The van der Waals surface area contributed by atoms with Crippen LogP contribution >= 0.6 is 11.3 Å². The molecule has 0 saturated carbocycles. The summed E-state index contributed by atoms with van der Waals surface area (Å²) in [7, 11) is -1.29. The number of nitrogens with zero attached hydrogens (tertiary/aromatic N) is 1. The topological polar surface area (TPSA) is 122 Å². The average Bonchev–Trinajstić information content (AvgIpc) is 3.09. The van der Waals surface area contributed by atoms with Crippen LogP contribution in [0.1, 0.15) is 20.8 Å². The van der Waals surface area contributed by atoms with Crippen molar-refractivity contribution in [1.29, 1.82) is 0 Å². The molecule has 1 aromatic carbocycles. The zero-order chi connectivity index (χ0) is 22.8. The van der Waals surface area contributed by atoms with E-state index in [0.717, 1.165) is 35.6 Å². The van der Waals surface area contributed by atoms with Crippen LogP contribution in [-0.4, -0.2) is 57.7 Å². The Balaban J connectivity index is 1.84. The molecule has 0 spiro atoms. The lowest BCUT2D eigenvalue weighted by molar-refractivity contribution is -0.113. The van der Waals surface area contributed by atoms with Crippen LogP contribution in [-0.2, 0) is 32.3 Å². The molecule has 0 bridgehead atoms. The largest absolute Gasteiger partial charge is 0.453 e. The maximum Gasteiger partial charge on any atom is 0.409 e. The number of hydrogen-bond donors (Lipinski definition) is 2. The van der Waals surface area contributed by atoms with Gasteiger partial charge in [-0.3, -0.25) is 9.59 Å². The van der Waals surface area contributed by atoms with Gasteiger partial charge in [-0.1, -0.05) is 0 Å². The Morgan fingerprint density at radius 2 is 1.90 bits per heavy atom. The fourth-order valence-electron chi connectivity index (χ4n) is 3.20. The van der Waals surface area contributed by atoms with Gasteiger partial charge < -0.3 is 20.3 Å². The van der Waals surface area contributed by atoms with Gasteiger partial charge in [0.15, 0.2) is 9.84 Å². The minimum atomic E-state index is -4.00. The Kier molecular flexibility index (Phi) is 6.60. The van der Waals surface area contributed by atoms with Crippen LogP contribution in [0.2, 0.25) is 0 Å². The minimum Gasteiger partial charge on any atom is -0.453 e. The van der Waals surface area contributed by atoms with Gasteiger partial charge >= 0.3 is 6.09 Å². The van der Waals surface area contributed by atoms with Crippen molar-refractivity contribution < 1.29 is 31.9 Å². The van der Waals surface area contributed by atoms with E-state index in [1.165, 1.54) is 19.1 Å². The maximum atomic E-state index is 13.0. The van der Waals surface area contributed by atoms with E-state index in [4.69, 9.17) is 4.74 Å². The number of nitrogens with one attached hydrogen (secondary N) is 2. The van der Waals surface area contributed by atoms with Gasteiger partial charge in [-0.05, 0) is 36.2 Å². The van der Waals surface area contributed by atoms with E-state index in [-0.39, 0.29) is 22.0 Å². The molecule has 166 valence electrons. The van der Waals surface area contributed by atoms with Crippen molar-refractivity contribution in [2.75, 3.05) is 31.8 Å². The van der Waals surface area contributed by atoms with Gasteiger partial charge in [0.2, 0.25) is 5.91 Å². The number of halogens is 1. The number of carbonyl (C=O) groups is 3. The van der Waals surface area contributed by atoms with Gasteiger partial charge in [0.05, 0.1) is 24.1 Å². The lowest BCUT2D eigenvalue weighted by Gasteiger charge is -2.25. The summed E-state index contributed by atoms with van der Waals surface area (Å²) in [6, 6.07) is 4.15. The summed E-state index contributed by atoms with van der Waals surface area (Å²) in [6.07, 6.45) is -0.121. The highest BCUT2D eigenvalue weighted by Gasteiger charge is 2.31. The first-order chi connectivity index (χ1) is 14.7. The van der Waals surface area contributed by atoms with Crippen molar-refractivity contribution in [3.05, 3.63) is 46.1 Å². The number of anilines is 1. The molecule has 12 heteroatoms. The lowest BCUT2D eigenvalue weighted by Crippen LogP contribution is -2.35. The number of thiophene rings is 1. The van der Waals surface area contributed by atoms with Gasteiger partial charge in [0.25, 0.3) is 5.91 Å². The van der Waals surface area contributed by atoms with Crippen LogP contribution in [0, 0.1) is 5.82 Å². The molecule has 3 rings (SSSR count). The molecule has 2 N–H and O–H groups in total. The molecule has 31 heavy (non-hydrogen) atoms. The number of hydrogen-bond acceptors (Lipinski definition) is 7. The van der Waals surface area contributed by atoms with Crippen molar-refractivity contribution in [2.24, 2.45) is 0 Å². The Hall–Kier alpha value is -2.99. The Morgan fingerprint density at radius 1 is 1.23 bits per heavy atom. The summed E-state index contributed by atoms with van der Waals surface area (Å²) in [5.41, 5.74) is 0.945. The monoisotopic (exact) mass is 469 g/mol. The van der Waals surface area contributed by atoms with Crippen LogP contribution in [0.3, 0.4) is 0 Å². The predicted octanol–water partition coefficient (Wildman–Crippen LogP) is 1.78. The molecule has 0 radical (unpaired) electrons. The number of methoxy groups -OCH3 is 1. The first kappa shape index (κ1) is 22.7. The molecule has 2 heterocycles. The second kappa shape index (κ2) is 9.02. The molecular weight excluding hydrogens is 449 g/mol. The number of sulfone groups is 1. The summed E-state index contributed by atoms with van der Waals surface area (Å²) < 4.78 is 42.7. The fraction of sp³-hybridized carbons (Fsp3) is 0.316. The van der Waals surface area contributed by atoms with Gasteiger partial charge in [-0.2, -0.15) is 0 Å². The lowest BCUT2D eigenvalue weighted by atomic mass is 10.0. The maximum absolute atomic E-state index is 13.0. The number of benzene rings is 1. The molecule has 3 amide bonds. The molecule has 0 aliphatic carbocycles. The second-order valence-corrected chi connectivity index (χ2v) is 9.78. The molecule has 1 aliphatic heterocycles. The molecule has 0 fully saturated rings. The molecule has 0 atom stereocenters. The molecule has 2 aromatic rings. The standard InChI is InChI=1S/C19H20FN3O6S2/c1-21-17(25)16-13-7-8-23(19(26)29-2)9-14(13)30-18(16)22-15(24)10-31(27,28)12-5-3-11(20)4-6-12/h3-6H,7-10H2,1-2H3,(H,21,25)(H,22,24). The SMILES string of the molecule is CNC(=O)c1c(NC(=O)CS(=O)(=O)c2ccc(F)cc2)sc2c1CCN(C(=O)OC)C2. The van der Waals surface area contributed by atoms with Crippen LogP contribution in [0.5, 0.6) is 0 Å². The first-order valence-electron chi connectivity index (χ1n) is 9.14. The predicted molar refractivity (Wildman–Crippen MR) is 111 cm³/mol. The smallest absolute Gasteiger partial charge is 0.409 e. The summed E-state index contributed by atoms with van der Waals surface area (Å²) in [6.45, 7) is 0.549. The second-order valence-electron chi connectivity index (χ2n) is 6.69. The highest BCUT2D eigenvalue weighted by atomic mass is 32.2. The Bertz CT molecular complexity index is 1130. The molecule has 9 nitrogen and oxygen atoms in total. The number of carbonyl (C=O) groups excluding carboxylic acids is 3. The summed E-state index contributed by atoms with van der Waals surface area (Å²) in [4.78, 5) is 38.7. The van der Waals surface area contributed by atoms with E-state index in [2.05, 4.69) is 10.6 Å². The highest BCUT2D eigenvalue weighted by Crippen LogP contribution is 2.37. The summed E-state index contributed by atoms with van der Waals surface area (Å²) in [5, 5.41) is 5.23. The Labute approximate surface area is 182 Å². The van der Waals surface area contributed by atoms with Crippen LogP contribution in [0.15, 0.2) is 29.2 Å². The first-order valence-corrected chi connectivity index (χ1v) is 11.6. The summed E-state index contributed by atoms with van der Waals surface area (Å²) >= 11 is 1.10. The molecule has 0 saturated heterocycles. The van der Waals surface area contributed by atoms with E-state index >= 15 is 0 Å². The van der Waals surface area contributed by atoms with Crippen molar-refractivity contribution in [1.82, 2.24) is 10.2 Å². The van der Waals surface area contributed by atoms with E-state index in [0.29, 0.717) is 23.4 Å². The zero-order valence-electron chi connectivity index (χ0n) is 16.7. The quantitative estimate of drug-likeness (QED) is 0.644. The Morgan fingerprint density at radius 3 is 2.52 bits per heavy atom.